The van der Waals surface area contributed by atoms with Gasteiger partial charge in [0.15, 0.2) is 0 Å². The Balaban J connectivity index is 1.24. The highest BCUT2D eigenvalue weighted by atomic mass is 16.2. The summed E-state index contributed by atoms with van der Waals surface area (Å²) in [7, 11) is 0. The number of hydrogen-bond donors (Lipinski definition) is 1. The van der Waals surface area contributed by atoms with Crippen LogP contribution in [-0.4, -0.2) is 52.9 Å². The Kier molecular flexibility index (Phi) is 7.49. The SMILES string of the molecule is CC(NC(=O)C1(c2ccccc2)CCN(C(=O)C2CCN(c3cnccn3)CC2)CC1)c1ccccc1. The summed E-state index contributed by atoms with van der Waals surface area (Å²) in [6.07, 6.45) is 8.02. The zero-order valence-electron chi connectivity index (χ0n) is 21.4. The summed E-state index contributed by atoms with van der Waals surface area (Å²) >= 11 is 0. The zero-order valence-corrected chi connectivity index (χ0v) is 21.4. The maximum atomic E-state index is 13.8. The van der Waals surface area contributed by atoms with Crippen LogP contribution in [0.4, 0.5) is 5.82 Å². The topological polar surface area (TPSA) is 78.4 Å². The Morgan fingerprint density at radius 2 is 1.57 bits per heavy atom. The maximum Gasteiger partial charge on any atom is 0.231 e. The molecule has 192 valence electrons. The van der Waals surface area contributed by atoms with Crippen molar-refractivity contribution in [2.45, 2.75) is 44.1 Å². The van der Waals surface area contributed by atoms with Gasteiger partial charge in [-0.15, -0.1) is 0 Å². The van der Waals surface area contributed by atoms with Crippen LogP contribution in [0.5, 0.6) is 0 Å². The van der Waals surface area contributed by atoms with Crippen LogP contribution in [-0.2, 0) is 15.0 Å². The van der Waals surface area contributed by atoms with Crippen molar-refractivity contribution in [1.29, 1.82) is 0 Å². The molecule has 2 aliphatic heterocycles. The first-order valence-corrected chi connectivity index (χ1v) is 13.3. The summed E-state index contributed by atoms with van der Waals surface area (Å²) in [6.45, 7) is 4.81. The van der Waals surface area contributed by atoms with Crippen LogP contribution < -0.4 is 10.2 Å². The molecule has 0 saturated carbocycles. The first-order chi connectivity index (χ1) is 18.1. The fraction of sp³-hybridized carbons (Fsp3) is 0.400. The number of aromatic nitrogens is 2. The second-order valence-corrected chi connectivity index (χ2v) is 10.2. The van der Waals surface area contributed by atoms with E-state index in [9.17, 15) is 9.59 Å². The third kappa shape index (κ3) is 5.36. The largest absolute Gasteiger partial charge is 0.355 e. The number of carbonyl (C=O) groups is 2. The second-order valence-electron chi connectivity index (χ2n) is 10.2. The van der Waals surface area contributed by atoms with Gasteiger partial charge in [0.05, 0.1) is 17.7 Å². The molecule has 1 N–H and O–H groups in total. The number of carbonyl (C=O) groups excluding carboxylic acids is 2. The smallest absolute Gasteiger partial charge is 0.231 e. The van der Waals surface area contributed by atoms with Gasteiger partial charge in [-0.25, -0.2) is 4.98 Å². The van der Waals surface area contributed by atoms with E-state index < -0.39 is 5.41 Å². The summed E-state index contributed by atoms with van der Waals surface area (Å²) in [4.78, 5) is 40.0. The third-order valence-electron chi connectivity index (χ3n) is 8.05. The van der Waals surface area contributed by atoms with E-state index in [2.05, 4.69) is 20.2 Å². The maximum absolute atomic E-state index is 13.8. The predicted molar refractivity (Wildman–Crippen MR) is 144 cm³/mol. The lowest BCUT2D eigenvalue weighted by atomic mass is 9.71. The van der Waals surface area contributed by atoms with E-state index >= 15 is 0 Å². The van der Waals surface area contributed by atoms with Crippen molar-refractivity contribution < 1.29 is 9.59 Å². The molecule has 1 atom stereocenters. The van der Waals surface area contributed by atoms with Gasteiger partial charge < -0.3 is 15.1 Å². The summed E-state index contributed by atoms with van der Waals surface area (Å²) in [5.41, 5.74) is 1.47. The molecule has 7 heteroatoms. The summed E-state index contributed by atoms with van der Waals surface area (Å²) in [5.74, 6) is 1.15. The molecule has 2 aromatic carbocycles. The summed E-state index contributed by atoms with van der Waals surface area (Å²) in [5, 5.41) is 3.27. The van der Waals surface area contributed by atoms with Gasteiger partial charge in [0.2, 0.25) is 11.8 Å². The van der Waals surface area contributed by atoms with E-state index in [1.807, 2.05) is 72.5 Å². The number of rotatable bonds is 6. The lowest BCUT2D eigenvalue weighted by molar-refractivity contribution is -0.140. The monoisotopic (exact) mass is 497 g/mol. The molecule has 5 rings (SSSR count). The number of anilines is 1. The van der Waals surface area contributed by atoms with Gasteiger partial charge in [0, 0.05) is 44.5 Å². The van der Waals surface area contributed by atoms with Crippen molar-refractivity contribution in [1.82, 2.24) is 20.2 Å². The van der Waals surface area contributed by atoms with Crippen LogP contribution in [0.25, 0.3) is 0 Å². The van der Waals surface area contributed by atoms with Crippen LogP contribution >= 0.6 is 0 Å². The van der Waals surface area contributed by atoms with Gasteiger partial charge >= 0.3 is 0 Å². The molecule has 7 nitrogen and oxygen atoms in total. The molecule has 0 bridgehead atoms. The van der Waals surface area contributed by atoms with Crippen LogP contribution in [0.1, 0.15) is 49.8 Å². The number of nitrogens with zero attached hydrogens (tertiary/aromatic N) is 4. The van der Waals surface area contributed by atoms with Crippen molar-refractivity contribution in [3.05, 3.63) is 90.4 Å². The van der Waals surface area contributed by atoms with Gasteiger partial charge in [-0.05, 0) is 43.7 Å². The van der Waals surface area contributed by atoms with E-state index in [-0.39, 0.29) is 23.8 Å². The normalized spacial score (nSPS) is 18.7. The van der Waals surface area contributed by atoms with E-state index in [0.717, 1.165) is 42.9 Å². The van der Waals surface area contributed by atoms with Crippen molar-refractivity contribution in [3.63, 3.8) is 0 Å². The molecule has 0 radical (unpaired) electrons. The average Bonchev–Trinajstić information content (AvgIpc) is 2.98. The third-order valence-corrected chi connectivity index (χ3v) is 8.05. The predicted octanol–water partition coefficient (Wildman–Crippen LogP) is 4.13. The Hall–Kier alpha value is -3.74. The average molecular weight is 498 g/mol. The molecular weight excluding hydrogens is 462 g/mol. The molecule has 1 unspecified atom stereocenters. The summed E-state index contributed by atoms with van der Waals surface area (Å²) < 4.78 is 0. The van der Waals surface area contributed by atoms with Crippen LogP contribution in [0.15, 0.2) is 79.3 Å². The summed E-state index contributed by atoms with van der Waals surface area (Å²) in [6, 6.07) is 20.0. The van der Waals surface area contributed by atoms with Crippen LogP contribution in [0.2, 0.25) is 0 Å². The van der Waals surface area contributed by atoms with Gasteiger partial charge in [0.1, 0.15) is 5.82 Å². The highest BCUT2D eigenvalue weighted by molar-refractivity contribution is 5.89. The van der Waals surface area contributed by atoms with E-state index in [4.69, 9.17) is 0 Å². The highest BCUT2D eigenvalue weighted by Gasteiger charge is 2.44. The van der Waals surface area contributed by atoms with Crippen molar-refractivity contribution in [2.75, 3.05) is 31.1 Å². The number of nitrogens with one attached hydrogen (secondary N) is 1. The van der Waals surface area contributed by atoms with Crippen molar-refractivity contribution >= 4 is 17.6 Å². The first kappa shape index (κ1) is 24.9. The minimum Gasteiger partial charge on any atom is -0.355 e. The minimum absolute atomic E-state index is 0.0177. The highest BCUT2D eigenvalue weighted by Crippen LogP contribution is 2.37. The van der Waals surface area contributed by atoms with Crippen molar-refractivity contribution in [2.24, 2.45) is 5.92 Å². The standard InChI is InChI=1S/C30H35N5O2/c1-23(24-8-4-2-5-9-24)33-29(37)30(26-10-6-3-7-11-26)14-20-35(21-15-30)28(36)25-12-18-34(19-13-25)27-22-31-16-17-32-27/h2-11,16-17,22-23,25H,12-15,18-21H2,1H3,(H,33,37). The van der Waals surface area contributed by atoms with Gasteiger partial charge in [-0.3, -0.25) is 14.6 Å². The fourth-order valence-electron chi connectivity index (χ4n) is 5.74. The Bertz CT molecular complexity index is 1170. The van der Waals surface area contributed by atoms with Crippen LogP contribution in [0, 0.1) is 5.92 Å². The Morgan fingerprint density at radius 1 is 0.919 bits per heavy atom. The van der Waals surface area contributed by atoms with Crippen molar-refractivity contribution in [3.8, 4) is 0 Å². The Labute approximate surface area is 218 Å². The minimum atomic E-state index is -0.642. The molecule has 0 aliphatic carbocycles. The fourth-order valence-corrected chi connectivity index (χ4v) is 5.74. The first-order valence-electron chi connectivity index (χ1n) is 13.3. The molecule has 2 fully saturated rings. The number of amides is 2. The molecule has 0 spiro atoms. The van der Waals surface area contributed by atoms with E-state index in [0.29, 0.717) is 25.9 Å². The molecule has 3 aromatic rings. The molecule has 2 saturated heterocycles. The number of piperidine rings is 2. The lowest BCUT2D eigenvalue weighted by Crippen LogP contribution is -2.54. The molecule has 2 amide bonds. The zero-order chi connectivity index (χ0) is 25.7. The molecule has 3 heterocycles. The quantitative estimate of drug-likeness (QED) is 0.554. The molecule has 2 aliphatic rings. The second kappa shape index (κ2) is 11.1. The molecular formula is C30H35N5O2. The molecule has 37 heavy (non-hydrogen) atoms. The van der Waals surface area contributed by atoms with E-state index in [1.54, 1.807) is 18.6 Å². The van der Waals surface area contributed by atoms with Gasteiger partial charge in [-0.2, -0.15) is 0 Å². The van der Waals surface area contributed by atoms with Gasteiger partial charge in [-0.1, -0.05) is 60.7 Å². The van der Waals surface area contributed by atoms with Gasteiger partial charge in [0.25, 0.3) is 0 Å². The number of hydrogen-bond acceptors (Lipinski definition) is 5. The number of likely N-dealkylation sites (tertiary alicyclic amines) is 1. The van der Waals surface area contributed by atoms with E-state index in [1.165, 1.54) is 0 Å². The van der Waals surface area contributed by atoms with Crippen LogP contribution in [0.3, 0.4) is 0 Å². The molecule has 1 aromatic heterocycles. The number of benzene rings is 2. The lowest BCUT2D eigenvalue weighted by Gasteiger charge is -2.43. The Morgan fingerprint density at radius 3 is 2.19 bits per heavy atom.